The van der Waals surface area contributed by atoms with Crippen LogP contribution in [0.2, 0.25) is 5.15 Å². The zero-order valence-corrected chi connectivity index (χ0v) is 9.85. The average Bonchev–Trinajstić information content (AvgIpc) is 2.29. The van der Waals surface area contributed by atoms with Crippen LogP contribution in [0.25, 0.3) is 5.69 Å². The highest BCUT2D eigenvalue weighted by Gasteiger charge is 2.15. The van der Waals surface area contributed by atoms with Crippen LogP contribution in [0.4, 0.5) is 10.1 Å². The lowest BCUT2D eigenvalue weighted by Gasteiger charge is -2.05. The predicted molar refractivity (Wildman–Crippen MR) is 64.3 cm³/mol. The first-order valence-corrected chi connectivity index (χ1v) is 5.24. The Bertz CT molecular complexity index is 752. The summed E-state index contributed by atoms with van der Waals surface area (Å²) in [4.78, 5) is 34.9. The van der Waals surface area contributed by atoms with Crippen LogP contribution in [0.3, 0.4) is 0 Å². The summed E-state index contributed by atoms with van der Waals surface area (Å²) in [5.41, 5.74) is -2.67. The van der Waals surface area contributed by atoms with E-state index in [0.717, 1.165) is 18.2 Å². The second-order valence-corrected chi connectivity index (χ2v) is 3.90. The Morgan fingerprint density at radius 2 is 2.00 bits per heavy atom. The molecule has 19 heavy (non-hydrogen) atoms. The van der Waals surface area contributed by atoms with Crippen molar-refractivity contribution in [1.82, 2.24) is 9.55 Å². The first-order chi connectivity index (χ1) is 8.90. The molecule has 0 aliphatic carbocycles. The van der Waals surface area contributed by atoms with E-state index in [9.17, 15) is 24.1 Å². The Kier molecular flexibility index (Phi) is 3.17. The van der Waals surface area contributed by atoms with Crippen LogP contribution >= 0.6 is 11.6 Å². The van der Waals surface area contributed by atoms with E-state index in [1.54, 1.807) is 0 Å². The standard InChI is InChI=1S/C10H5ClFN3O4/c11-8-4-9(16)14(10(17)13-8)7-2-1-5(15(18)19)3-6(7)12/h1-4H,(H,13,17). The van der Waals surface area contributed by atoms with Crippen LogP contribution in [0, 0.1) is 15.9 Å². The third-order valence-corrected chi connectivity index (χ3v) is 2.49. The number of non-ortho nitro benzene ring substituents is 1. The van der Waals surface area contributed by atoms with Crippen molar-refractivity contribution in [3.05, 3.63) is 66.2 Å². The Morgan fingerprint density at radius 3 is 2.53 bits per heavy atom. The minimum absolute atomic E-state index is 0.187. The van der Waals surface area contributed by atoms with Gasteiger partial charge in [0.2, 0.25) is 0 Å². The summed E-state index contributed by atoms with van der Waals surface area (Å²) in [5, 5.41) is 10.3. The molecule has 2 rings (SSSR count). The minimum Gasteiger partial charge on any atom is -0.297 e. The number of nitro groups is 1. The maximum absolute atomic E-state index is 13.7. The number of nitrogens with zero attached hydrogens (tertiary/aromatic N) is 2. The molecule has 0 unspecified atom stereocenters. The molecule has 0 radical (unpaired) electrons. The molecule has 0 fully saturated rings. The van der Waals surface area contributed by atoms with E-state index in [1.807, 2.05) is 0 Å². The molecular weight excluding hydrogens is 281 g/mol. The Hall–Kier alpha value is -2.48. The molecule has 0 aliphatic rings. The molecule has 0 aliphatic heterocycles. The first kappa shape index (κ1) is 13.0. The van der Waals surface area contributed by atoms with Crippen molar-refractivity contribution >= 4 is 17.3 Å². The quantitative estimate of drug-likeness (QED) is 0.509. The summed E-state index contributed by atoms with van der Waals surface area (Å²) < 4.78 is 14.2. The van der Waals surface area contributed by atoms with E-state index in [0.29, 0.717) is 10.6 Å². The lowest BCUT2D eigenvalue weighted by molar-refractivity contribution is -0.385. The number of rotatable bonds is 2. The van der Waals surface area contributed by atoms with Crippen LogP contribution in [0.1, 0.15) is 0 Å². The van der Waals surface area contributed by atoms with Crippen molar-refractivity contribution in [2.24, 2.45) is 0 Å². The van der Waals surface area contributed by atoms with Crippen molar-refractivity contribution in [1.29, 1.82) is 0 Å². The zero-order valence-electron chi connectivity index (χ0n) is 9.09. The summed E-state index contributed by atoms with van der Waals surface area (Å²) in [6.07, 6.45) is 0. The number of nitrogens with one attached hydrogen (secondary N) is 1. The number of H-pyrrole nitrogens is 1. The van der Waals surface area contributed by atoms with Crippen LogP contribution in [0.5, 0.6) is 0 Å². The molecule has 0 saturated carbocycles. The summed E-state index contributed by atoms with van der Waals surface area (Å²) in [6.45, 7) is 0. The largest absolute Gasteiger partial charge is 0.334 e. The van der Waals surface area contributed by atoms with E-state index in [-0.39, 0.29) is 5.15 Å². The van der Waals surface area contributed by atoms with Gasteiger partial charge in [-0.15, -0.1) is 0 Å². The SMILES string of the molecule is O=c1cc(Cl)[nH]c(=O)n1-c1ccc([N+](=O)[O-])cc1F. The van der Waals surface area contributed by atoms with Gasteiger partial charge < -0.3 is 0 Å². The van der Waals surface area contributed by atoms with Gasteiger partial charge in [-0.05, 0) is 6.07 Å². The van der Waals surface area contributed by atoms with Gasteiger partial charge >= 0.3 is 5.69 Å². The highest BCUT2D eigenvalue weighted by atomic mass is 35.5. The fraction of sp³-hybridized carbons (Fsp3) is 0. The van der Waals surface area contributed by atoms with Crippen molar-refractivity contribution < 1.29 is 9.31 Å². The van der Waals surface area contributed by atoms with Gasteiger partial charge in [-0.2, -0.15) is 0 Å². The second-order valence-electron chi connectivity index (χ2n) is 3.49. The fourth-order valence-corrected chi connectivity index (χ4v) is 1.66. The van der Waals surface area contributed by atoms with E-state index in [1.165, 1.54) is 0 Å². The zero-order chi connectivity index (χ0) is 14.2. The molecule has 2 aromatic rings. The van der Waals surface area contributed by atoms with Crippen molar-refractivity contribution in [2.45, 2.75) is 0 Å². The number of halogens is 2. The molecule has 0 atom stereocenters. The molecule has 1 aromatic carbocycles. The number of hydrogen-bond acceptors (Lipinski definition) is 4. The summed E-state index contributed by atoms with van der Waals surface area (Å²) >= 11 is 5.46. The normalized spacial score (nSPS) is 10.4. The Balaban J connectivity index is 2.71. The highest BCUT2D eigenvalue weighted by Crippen LogP contribution is 2.17. The molecule has 1 aromatic heterocycles. The molecular formula is C10H5ClFN3O4. The van der Waals surface area contributed by atoms with E-state index < -0.39 is 33.4 Å². The number of nitro benzene ring substituents is 1. The van der Waals surface area contributed by atoms with Gasteiger partial charge in [0.1, 0.15) is 5.15 Å². The monoisotopic (exact) mass is 285 g/mol. The average molecular weight is 286 g/mol. The Labute approximate surface area is 109 Å². The van der Waals surface area contributed by atoms with Gasteiger partial charge in [0, 0.05) is 12.1 Å². The summed E-state index contributed by atoms with van der Waals surface area (Å²) in [6, 6.07) is 3.47. The highest BCUT2D eigenvalue weighted by molar-refractivity contribution is 6.29. The molecule has 9 heteroatoms. The third-order valence-electron chi connectivity index (χ3n) is 2.28. The van der Waals surface area contributed by atoms with Crippen LogP contribution in [-0.2, 0) is 0 Å². The molecule has 0 saturated heterocycles. The van der Waals surface area contributed by atoms with Gasteiger partial charge in [-0.25, -0.2) is 13.8 Å². The Morgan fingerprint density at radius 1 is 1.32 bits per heavy atom. The molecule has 0 amide bonds. The van der Waals surface area contributed by atoms with Gasteiger partial charge in [-0.3, -0.25) is 19.9 Å². The van der Waals surface area contributed by atoms with Crippen molar-refractivity contribution in [2.75, 3.05) is 0 Å². The number of aromatic nitrogens is 2. The van der Waals surface area contributed by atoms with Crippen LogP contribution < -0.4 is 11.2 Å². The van der Waals surface area contributed by atoms with Gasteiger partial charge in [-0.1, -0.05) is 11.6 Å². The van der Waals surface area contributed by atoms with E-state index in [4.69, 9.17) is 11.6 Å². The van der Waals surface area contributed by atoms with E-state index in [2.05, 4.69) is 4.98 Å². The van der Waals surface area contributed by atoms with Gasteiger partial charge in [0.05, 0.1) is 16.7 Å². The van der Waals surface area contributed by atoms with Gasteiger partial charge in [0.25, 0.3) is 11.2 Å². The van der Waals surface area contributed by atoms with Crippen molar-refractivity contribution in [3.8, 4) is 5.69 Å². The lowest BCUT2D eigenvalue weighted by atomic mass is 10.2. The van der Waals surface area contributed by atoms with Crippen molar-refractivity contribution in [3.63, 3.8) is 0 Å². The lowest BCUT2D eigenvalue weighted by Crippen LogP contribution is -2.33. The smallest absolute Gasteiger partial charge is 0.297 e. The minimum atomic E-state index is -1.07. The molecule has 0 spiro atoms. The van der Waals surface area contributed by atoms with Gasteiger partial charge in [0.15, 0.2) is 5.82 Å². The maximum atomic E-state index is 13.7. The summed E-state index contributed by atoms with van der Waals surface area (Å²) in [5.74, 6) is -1.07. The molecule has 1 heterocycles. The van der Waals surface area contributed by atoms with Crippen LogP contribution in [0.15, 0.2) is 33.9 Å². The number of hydrogen-bond donors (Lipinski definition) is 1. The van der Waals surface area contributed by atoms with Crippen LogP contribution in [-0.4, -0.2) is 14.5 Å². The summed E-state index contributed by atoms with van der Waals surface area (Å²) in [7, 11) is 0. The topological polar surface area (TPSA) is 98.0 Å². The fourth-order valence-electron chi connectivity index (χ4n) is 1.49. The molecule has 1 N–H and O–H groups in total. The number of benzene rings is 1. The third kappa shape index (κ3) is 2.38. The first-order valence-electron chi connectivity index (χ1n) is 4.86. The maximum Gasteiger partial charge on any atom is 0.334 e. The predicted octanol–water partition coefficient (Wildman–Crippen LogP) is 1.23. The molecule has 98 valence electrons. The second kappa shape index (κ2) is 4.65. The molecule has 0 bridgehead atoms. The number of aromatic amines is 1. The molecule has 7 nitrogen and oxygen atoms in total. The van der Waals surface area contributed by atoms with E-state index >= 15 is 0 Å².